The zero-order chi connectivity index (χ0) is 19.6. The van der Waals surface area contributed by atoms with E-state index in [1.165, 1.54) is 6.92 Å². The summed E-state index contributed by atoms with van der Waals surface area (Å²) >= 11 is 0. The van der Waals surface area contributed by atoms with Gasteiger partial charge < -0.3 is 32.6 Å². The zero-order valence-electron chi connectivity index (χ0n) is 16.5. The van der Waals surface area contributed by atoms with E-state index in [-0.39, 0.29) is 30.0 Å². The zero-order valence-corrected chi connectivity index (χ0v) is 17.2. The number of piperazine rings is 1. The second-order valence-electron chi connectivity index (χ2n) is 7.62. The van der Waals surface area contributed by atoms with Crippen LogP contribution < -0.4 is 23.0 Å². The number of carbonyl (C=O) groups is 2. The Morgan fingerprint density at radius 2 is 1.79 bits per heavy atom. The maximum absolute atomic E-state index is 12.6. The molecule has 0 bridgehead atoms. The van der Waals surface area contributed by atoms with Crippen LogP contribution in [0.15, 0.2) is 30.3 Å². The van der Waals surface area contributed by atoms with Crippen LogP contribution in [-0.2, 0) is 9.59 Å². The van der Waals surface area contributed by atoms with E-state index in [0.29, 0.717) is 27.8 Å². The fourth-order valence-electron chi connectivity index (χ4n) is 3.50. The summed E-state index contributed by atoms with van der Waals surface area (Å²) < 4.78 is 0.682. The van der Waals surface area contributed by atoms with Crippen molar-refractivity contribution in [3.05, 3.63) is 30.3 Å². The normalized spacial score (nSPS) is 16.2. The Morgan fingerprint density at radius 1 is 1.11 bits per heavy atom. The molecule has 3 N–H and O–H groups in total. The molecule has 2 amide bonds. The number of quaternary nitrogens is 1. The van der Waals surface area contributed by atoms with Crippen molar-refractivity contribution in [3.8, 4) is 5.75 Å². The number of nitrogens with one attached hydrogen (secondary N) is 2. The molecule has 0 radical (unpaired) electrons. The monoisotopic (exact) mass is 406 g/mol. The van der Waals surface area contributed by atoms with Crippen molar-refractivity contribution in [3.63, 3.8) is 0 Å². The molecule has 0 aromatic heterocycles. The summed E-state index contributed by atoms with van der Waals surface area (Å²) in [5.41, 5.74) is 0.873. The Balaban J connectivity index is 0.00000280. The third kappa shape index (κ3) is 4.92. The van der Waals surface area contributed by atoms with Crippen molar-refractivity contribution < 1.29 is 31.6 Å². The SMILES string of the molecule is CC(=O)Nc1cccc2ccc(NC(=O)C[N+]3(C)CCN(C)CC3)c(O)c12.[Cl-]. The summed E-state index contributed by atoms with van der Waals surface area (Å²) in [6.45, 7) is 5.54. The first-order valence-electron chi connectivity index (χ1n) is 9.12. The molecular formula is C20H27ClN4O3. The van der Waals surface area contributed by atoms with Gasteiger partial charge in [-0.25, -0.2) is 0 Å². The number of rotatable bonds is 4. The van der Waals surface area contributed by atoms with Crippen molar-refractivity contribution in [2.24, 2.45) is 0 Å². The summed E-state index contributed by atoms with van der Waals surface area (Å²) in [6.07, 6.45) is 0. The van der Waals surface area contributed by atoms with Crippen molar-refractivity contribution in [1.29, 1.82) is 0 Å². The van der Waals surface area contributed by atoms with Crippen molar-refractivity contribution in [2.75, 3.05) is 57.5 Å². The van der Waals surface area contributed by atoms with Gasteiger partial charge in [-0.15, -0.1) is 0 Å². The second kappa shape index (κ2) is 8.77. The third-order valence-corrected chi connectivity index (χ3v) is 5.17. The second-order valence-corrected chi connectivity index (χ2v) is 7.62. The number of phenols is 1. The number of carbonyl (C=O) groups excluding carboxylic acids is 2. The Labute approximate surface area is 171 Å². The minimum Gasteiger partial charge on any atom is -1.00 e. The Bertz CT molecular complexity index is 879. The van der Waals surface area contributed by atoms with E-state index >= 15 is 0 Å². The molecule has 3 rings (SSSR count). The van der Waals surface area contributed by atoms with Gasteiger partial charge in [-0.1, -0.05) is 18.2 Å². The van der Waals surface area contributed by atoms with Crippen LogP contribution in [-0.4, -0.2) is 73.1 Å². The first-order chi connectivity index (χ1) is 12.8. The smallest absolute Gasteiger partial charge is 0.279 e. The average molecular weight is 407 g/mol. The molecule has 0 atom stereocenters. The molecule has 1 aliphatic rings. The molecule has 0 unspecified atom stereocenters. The van der Waals surface area contributed by atoms with Crippen LogP contribution in [0.2, 0.25) is 0 Å². The molecule has 28 heavy (non-hydrogen) atoms. The van der Waals surface area contributed by atoms with E-state index in [1.54, 1.807) is 12.1 Å². The van der Waals surface area contributed by atoms with Gasteiger partial charge in [-0.2, -0.15) is 0 Å². The van der Waals surface area contributed by atoms with Crippen LogP contribution in [0.5, 0.6) is 5.75 Å². The molecule has 0 saturated carbocycles. The number of hydrogen-bond acceptors (Lipinski definition) is 4. The molecule has 1 heterocycles. The molecule has 8 heteroatoms. The van der Waals surface area contributed by atoms with Gasteiger partial charge in [0, 0.05) is 25.4 Å². The van der Waals surface area contributed by atoms with Gasteiger partial charge in [0.05, 0.1) is 31.5 Å². The number of nitrogens with zero attached hydrogens (tertiary/aromatic N) is 2. The topological polar surface area (TPSA) is 81.7 Å². The number of fused-ring (bicyclic) bond motifs is 1. The van der Waals surface area contributed by atoms with Gasteiger partial charge in [0.2, 0.25) is 5.91 Å². The molecule has 7 nitrogen and oxygen atoms in total. The molecule has 1 saturated heterocycles. The molecule has 0 aliphatic carbocycles. The van der Waals surface area contributed by atoms with Crippen LogP contribution in [0.4, 0.5) is 11.4 Å². The average Bonchev–Trinajstić information content (AvgIpc) is 2.60. The van der Waals surface area contributed by atoms with E-state index < -0.39 is 0 Å². The molecule has 2 aromatic rings. The molecule has 1 fully saturated rings. The lowest BCUT2D eigenvalue weighted by Gasteiger charge is -2.40. The van der Waals surface area contributed by atoms with E-state index in [9.17, 15) is 14.7 Å². The highest BCUT2D eigenvalue weighted by Gasteiger charge is 2.30. The third-order valence-electron chi connectivity index (χ3n) is 5.17. The molecule has 152 valence electrons. The molecule has 0 spiro atoms. The highest BCUT2D eigenvalue weighted by atomic mass is 35.5. The lowest BCUT2D eigenvalue weighted by atomic mass is 10.1. The summed E-state index contributed by atoms with van der Waals surface area (Å²) in [4.78, 5) is 26.3. The molecule has 2 aromatic carbocycles. The predicted molar refractivity (Wildman–Crippen MR) is 107 cm³/mol. The van der Waals surface area contributed by atoms with Crippen LogP contribution in [0.3, 0.4) is 0 Å². The maximum Gasteiger partial charge on any atom is 0.279 e. The van der Waals surface area contributed by atoms with E-state index in [2.05, 4.69) is 29.6 Å². The Hall–Kier alpha value is -2.35. The summed E-state index contributed by atoms with van der Waals surface area (Å²) in [5, 5.41) is 17.6. The summed E-state index contributed by atoms with van der Waals surface area (Å²) in [6, 6.07) is 8.90. The number of phenolic OH excluding ortho intramolecular Hbond substituents is 1. The number of anilines is 2. The number of hydrogen-bond donors (Lipinski definition) is 3. The fourth-order valence-corrected chi connectivity index (χ4v) is 3.50. The van der Waals surface area contributed by atoms with Gasteiger partial charge >= 0.3 is 0 Å². The highest BCUT2D eigenvalue weighted by Crippen LogP contribution is 2.37. The highest BCUT2D eigenvalue weighted by molar-refractivity contribution is 6.08. The van der Waals surface area contributed by atoms with Gasteiger partial charge in [-0.05, 0) is 24.6 Å². The predicted octanol–water partition coefficient (Wildman–Crippen LogP) is -1.16. The first kappa shape index (κ1) is 21.9. The lowest BCUT2D eigenvalue weighted by Crippen LogP contribution is -3.00. The maximum atomic E-state index is 12.6. The molecular weight excluding hydrogens is 380 g/mol. The molecule has 1 aliphatic heterocycles. The van der Waals surface area contributed by atoms with Crippen molar-refractivity contribution >= 4 is 34.0 Å². The van der Waals surface area contributed by atoms with Gasteiger partial charge in [-0.3, -0.25) is 14.5 Å². The summed E-state index contributed by atoms with van der Waals surface area (Å²) in [5.74, 6) is -0.385. The quantitative estimate of drug-likeness (QED) is 0.442. The van der Waals surface area contributed by atoms with Crippen LogP contribution >= 0.6 is 0 Å². The van der Waals surface area contributed by atoms with Crippen LogP contribution in [0.25, 0.3) is 10.8 Å². The van der Waals surface area contributed by atoms with E-state index in [1.807, 2.05) is 18.2 Å². The fraction of sp³-hybridized carbons (Fsp3) is 0.400. The largest absolute Gasteiger partial charge is 1.00 e. The number of benzene rings is 2. The minimum absolute atomic E-state index is 0. The van der Waals surface area contributed by atoms with Gasteiger partial charge in [0.25, 0.3) is 5.91 Å². The van der Waals surface area contributed by atoms with Crippen LogP contribution in [0.1, 0.15) is 6.92 Å². The number of likely N-dealkylation sites (N-methyl/N-ethyl adjacent to an activating group) is 2. The van der Waals surface area contributed by atoms with Gasteiger partial charge in [0.1, 0.15) is 5.75 Å². The first-order valence-corrected chi connectivity index (χ1v) is 9.12. The van der Waals surface area contributed by atoms with Gasteiger partial charge in [0.15, 0.2) is 6.54 Å². The standard InChI is InChI=1S/C20H26N4O3.ClH/c1-14(25)21-16-6-4-5-15-7-8-17(20(27)19(15)16)22-18(26)13-24(3)11-9-23(2)10-12-24;/h4-8H,9-13H2,1-3H3,(H2-,21,22,25,26,27);1H. The van der Waals surface area contributed by atoms with Crippen molar-refractivity contribution in [2.45, 2.75) is 6.92 Å². The van der Waals surface area contributed by atoms with E-state index in [4.69, 9.17) is 0 Å². The van der Waals surface area contributed by atoms with Crippen molar-refractivity contribution in [1.82, 2.24) is 4.90 Å². The van der Waals surface area contributed by atoms with E-state index in [0.717, 1.165) is 31.6 Å². The summed E-state index contributed by atoms with van der Waals surface area (Å²) in [7, 11) is 4.17. The minimum atomic E-state index is -0.219. The number of aromatic hydroxyl groups is 1. The lowest BCUT2D eigenvalue weighted by molar-refractivity contribution is -0.905. The Kier molecular flexibility index (Phi) is 6.87. The van der Waals surface area contributed by atoms with Crippen LogP contribution in [0, 0.1) is 0 Å². The Morgan fingerprint density at radius 3 is 2.43 bits per heavy atom. The number of amides is 2. The number of halogens is 1.